The van der Waals surface area contributed by atoms with Crippen molar-refractivity contribution in [1.29, 1.82) is 0 Å². The van der Waals surface area contributed by atoms with E-state index in [-0.39, 0.29) is 18.6 Å². The number of aliphatic hydroxyl groups is 1. The number of hydrogen-bond acceptors (Lipinski definition) is 3. The highest BCUT2D eigenvalue weighted by molar-refractivity contribution is 5.10. The lowest BCUT2D eigenvalue weighted by Gasteiger charge is -2.24. The van der Waals surface area contributed by atoms with Crippen LogP contribution in [0.25, 0.3) is 0 Å². The van der Waals surface area contributed by atoms with E-state index in [1.54, 1.807) is 0 Å². The van der Waals surface area contributed by atoms with Crippen molar-refractivity contribution in [3.63, 3.8) is 0 Å². The van der Waals surface area contributed by atoms with E-state index in [1.807, 2.05) is 12.5 Å². The van der Waals surface area contributed by atoms with Gasteiger partial charge in [-0.15, -0.1) is 0 Å². The monoisotopic (exact) mass is 225 g/mol. The van der Waals surface area contributed by atoms with Crippen LogP contribution in [0.15, 0.2) is 12.5 Å². The molecule has 2 atom stereocenters. The van der Waals surface area contributed by atoms with Crippen molar-refractivity contribution in [3.05, 3.63) is 18.2 Å². The van der Waals surface area contributed by atoms with Crippen molar-refractivity contribution >= 4 is 0 Å². The number of nitrogens with two attached hydrogens (primary N) is 1. The first-order chi connectivity index (χ1) is 7.61. The van der Waals surface area contributed by atoms with E-state index in [0.29, 0.717) is 12.5 Å². The molecule has 2 unspecified atom stereocenters. The molecule has 1 heterocycles. The number of imidazole rings is 1. The molecule has 0 aliphatic heterocycles. The Kier molecular flexibility index (Phi) is 4.96. The summed E-state index contributed by atoms with van der Waals surface area (Å²) >= 11 is 0. The number of aromatic nitrogens is 2. The zero-order chi connectivity index (χ0) is 12.1. The topological polar surface area (TPSA) is 64.1 Å². The van der Waals surface area contributed by atoms with Crippen LogP contribution in [0.1, 0.15) is 51.3 Å². The van der Waals surface area contributed by atoms with Gasteiger partial charge in [0.1, 0.15) is 0 Å². The summed E-state index contributed by atoms with van der Waals surface area (Å²) in [4.78, 5) is 4.19. The zero-order valence-corrected chi connectivity index (χ0v) is 10.4. The molecule has 0 amide bonds. The minimum Gasteiger partial charge on any atom is -0.396 e. The summed E-state index contributed by atoms with van der Waals surface area (Å²) in [5.41, 5.74) is 7.25. The van der Waals surface area contributed by atoms with Crippen molar-refractivity contribution in [2.45, 2.75) is 51.6 Å². The maximum Gasteiger partial charge on any atom is 0.0950 e. The molecule has 92 valence electrons. The molecule has 0 bridgehead atoms. The molecule has 0 saturated carbocycles. The van der Waals surface area contributed by atoms with Crippen molar-refractivity contribution in [3.8, 4) is 0 Å². The SMILES string of the molecule is CCC(N)C(CCO)c1cncn1C(C)C. The van der Waals surface area contributed by atoms with Crippen molar-refractivity contribution in [2.75, 3.05) is 6.61 Å². The van der Waals surface area contributed by atoms with Crippen LogP contribution in [0.2, 0.25) is 0 Å². The Morgan fingerprint density at radius 1 is 1.50 bits per heavy atom. The molecule has 0 spiro atoms. The average Bonchev–Trinajstić information content (AvgIpc) is 2.73. The quantitative estimate of drug-likeness (QED) is 0.774. The fourth-order valence-electron chi connectivity index (χ4n) is 2.04. The Morgan fingerprint density at radius 2 is 2.19 bits per heavy atom. The Morgan fingerprint density at radius 3 is 2.69 bits per heavy atom. The molecule has 0 fully saturated rings. The second-order valence-corrected chi connectivity index (χ2v) is 4.51. The van der Waals surface area contributed by atoms with Gasteiger partial charge in [0.15, 0.2) is 0 Å². The third-order valence-electron chi connectivity index (χ3n) is 3.06. The number of aliphatic hydroxyl groups excluding tert-OH is 1. The molecule has 0 radical (unpaired) electrons. The van der Waals surface area contributed by atoms with Gasteiger partial charge >= 0.3 is 0 Å². The average molecular weight is 225 g/mol. The van der Waals surface area contributed by atoms with Crippen molar-refractivity contribution in [1.82, 2.24) is 9.55 Å². The van der Waals surface area contributed by atoms with Crippen LogP contribution in [0.5, 0.6) is 0 Å². The summed E-state index contributed by atoms with van der Waals surface area (Å²) in [6, 6.07) is 0.462. The third-order valence-corrected chi connectivity index (χ3v) is 3.06. The van der Waals surface area contributed by atoms with E-state index in [0.717, 1.165) is 12.1 Å². The van der Waals surface area contributed by atoms with Crippen LogP contribution in [0, 0.1) is 0 Å². The summed E-state index contributed by atoms with van der Waals surface area (Å²) in [6.07, 6.45) is 5.32. The van der Waals surface area contributed by atoms with Gasteiger partial charge in [0.05, 0.1) is 6.33 Å². The van der Waals surface area contributed by atoms with E-state index in [9.17, 15) is 0 Å². The van der Waals surface area contributed by atoms with E-state index in [2.05, 4.69) is 30.3 Å². The minimum absolute atomic E-state index is 0.0846. The summed E-state index contributed by atoms with van der Waals surface area (Å²) in [5.74, 6) is 0.194. The van der Waals surface area contributed by atoms with Crippen molar-refractivity contribution < 1.29 is 5.11 Å². The summed E-state index contributed by atoms with van der Waals surface area (Å²) in [6.45, 7) is 6.49. The normalized spacial score (nSPS) is 15.4. The van der Waals surface area contributed by atoms with Gasteiger partial charge in [-0.25, -0.2) is 4.98 Å². The summed E-state index contributed by atoms with van der Waals surface area (Å²) in [5, 5.41) is 9.12. The second-order valence-electron chi connectivity index (χ2n) is 4.51. The van der Waals surface area contributed by atoms with E-state index in [4.69, 9.17) is 10.8 Å². The maximum absolute atomic E-state index is 9.12. The van der Waals surface area contributed by atoms with Gasteiger partial charge in [0, 0.05) is 36.5 Å². The van der Waals surface area contributed by atoms with Crippen LogP contribution >= 0.6 is 0 Å². The molecule has 0 aliphatic carbocycles. The van der Waals surface area contributed by atoms with Gasteiger partial charge in [-0.05, 0) is 26.7 Å². The fourth-order valence-corrected chi connectivity index (χ4v) is 2.04. The maximum atomic E-state index is 9.12. The molecule has 3 N–H and O–H groups in total. The van der Waals surface area contributed by atoms with Crippen LogP contribution in [-0.2, 0) is 0 Å². The molecule has 0 aliphatic rings. The molecular formula is C12H23N3O. The van der Waals surface area contributed by atoms with Crippen LogP contribution in [0.3, 0.4) is 0 Å². The first kappa shape index (κ1) is 13.2. The van der Waals surface area contributed by atoms with Gasteiger partial charge in [0.2, 0.25) is 0 Å². The Labute approximate surface area is 97.5 Å². The standard InChI is InChI=1S/C12H23N3O/c1-4-11(13)10(5-6-16)12-7-14-8-15(12)9(2)3/h7-11,16H,4-6,13H2,1-3H3. The summed E-state index contributed by atoms with van der Waals surface area (Å²) < 4.78 is 2.13. The lowest BCUT2D eigenvalue weighted by Crippen LogP contribution is -2.30. The summed E-state index contributed by atoms with van der Waals surface area (Å²) in [7, 11) is 0. The lowest BCUT2D eigenvalue weighted by molar-refractivity contribution is 0.262. The predicted octanol–water partition coefficient (Wildman–Crippen LogP) is 1.67. The van der Waals surface area contributed by atoms with Crippen LogP contribution in [-0.4, -0.2) is 27.3 Å². The predicted molar refractivity (Wildman–Crippen MR) is 65.3 cm³/mol. The molecule has 1 aromatic heterocycles. The molecule has 0 saturated heterocycles. The lowest BCUT2D eigenvalue weighted by atomic mass is 9.92. The molecular weight excluding hydrogens is 202 g/mol. The number of hydrogen-bond donors (Lipinski definition) is 2. The molecule has 4 heteroatoms. The van der Waals surface area contributed by atoms with Gasteiger partial charge < -0.3 is 15.4 Å². The molecule has 1 aromatic rings. The fraction of sp³-hybridized carbons (Fsp3) is 0.750. The van der Waals surface area contributed by atoms with Gasteiger partial charge in [-0.2, -0.15) is 0 Å². The third kappa shape index (κ3) is 2.83. The van der Waals surface area contributed by atoms with Crippen molar-refractivity contribution in [2.24, 2.45) is 5.73 Å². The highest BCUT2D eigenvalue weighted by Crippen LogP contribution is 2.25. The second kappa shape index (κ2) is 6.01. The Bertz CT molecular complexity index is 309. The molecule has 1 rings (SSSR count). The number of nitrogens with zero attached hydrogens (tertiary/aromatic N) is 2. The minimum atomic E-state index is 0.0846. The highest BCUT2D eigenvalue weighted by Gasteiger charge is 2.22. The Balaban J connectivity index is 2.96. The Hall–Kier alpha value is -0.870. The zero-order valence-electron chi connectivity index (χ0n) is 10.4. The van der Waals surface area contributed by atoms with Crippen LogP contribution in [0.4, 0.5) is 0 Å². The van der Waals surface area contributed by atoms with E-state index < -0.39 is 0 Å². The van der Waals surface area contributed by atoms with Gasteiger partial charge in [-0.3, -0.25) is 0 Å². The molecule has 0 aromatic carbocycles. The number of rotatable bonds is 6. The van der Waals surface area contributed by atoms with E-state index in [1.165, 1.54) is 0 Å². The molecule has 4 nitrogen and oxygen atoms in total. The molecule has 16 heavy (non-hydrogen) atoms. The smallest absolute Gasteiger partial charge is 0.0950 e. The first-order valence-electron chi connectivity index (χ1n) is 5.99. The van der Waals surface area contributed by atoms with E-state index >= 15 is 0 Å². The van der Waals surface area contributed by atoms with Gasteiger partial charge in [-0.1, -0.05) is 6.92 Å². The van der Waals surface area contributed by atoms with Gasteiger partial charge in [0.25, 0.3) is 0 Å². The van der Waals surface area contributed by atoms with Crippen LogP contribution < -0.4 is 5.73 Å². The largest absolute Gasteiger partial charge is 0.396 e. The first-order valence-corrected chi connectivity index (χ1v) is 5.99. The highest BCUT2D eigenvalue weighted by atomic mass is 16.3.